The van der Waals surface area contributed by atoms with Crippen molar-refractivity contribution in [3.8, 4) is 5.75 Å². The topological polar surface area (TPSA) is 12.5 Å². The highest BCUT2D eigenvalue weighted by atomic mass is 35.5. The third-order valence-electron chi connectivity index (χ3n) is 2.72. The van der Waals surface area contributed by atoms with Crippen LogP contribution < -0.4 is 4.74 Å². The highest BCUT2D eigenvalue weighted by Gasteiger charge is 2.20. The number of ether oxygens (including phenoxy) is 1. The second-order valence-electron chi connectivity index (χ2n) is 3.77. The first-order valence-electron chi connectivity index (χ1n) is 5.80. The van der Waals surface area contributed by atoms with E-state index >= 15 is 0 Å². The maximum absolute atomic E-state index is 6.06. The molecule has 1 aromatic rings. The van der Waals surface area contributed by atoms with Gasteiger partial charge in [-0.1, -0.05) is 71.9 Å². The van der Waals surface area contributed by atoms with Crippen LogP contribution in [0.15, 0.2) is 0 Å². The van der Waals surface area contributed by atoms with Gasteiger partial charge < -0.3 is 9.64 Å². The van der Waals surface area contributed by atoms with E-state index in [2.05, 4.69) is 18.7 Å². The molecule has 0 N–H and O–H groups in total. The maximum atomic E-state index is 6.06. The molecule has 0 atom stereocenters. The van der Waals surface area contributed by atoms with Crippen LogP contribution in [0.4, 0.5) is 0 Å². The van der Waals surface area contributed by atoms with Crippen molar-refractivity contribution in [1.82, 2.24) is 4.90 Å². The molecule has 2 nitrogen and oxygen atoms in total. The molecule has 0 saturated heterocycles. The van der Waals surface area contributed by atoms with E-state index in [1.807, 2.05) is 0 Å². The lowest BCUT2D eigenvalue weighted by Crippen LogP contribution is -2.28. The zero-order valence-electron chi connectivity index (χ0n) is 10.6. The molecule has 0 aliphatic carbocycles. The SMILES string of the molecule is CCN(CC)CCOc1c(Cl)c(Cl)c(Cl)c(Cl)c1Cl. The molecule has 0 radical (unpaired) electrons. The van der Waals surface area contributed by atoms with E-state index < -0.39 is 0 Å². The fraction of sp³-hybridized carbons (Fsp3) is 0.500. The van der Waals surface area contributed by atoms with E-state index in [4.69, 9.17) is 62.7 Å². The Balaban J connectivity index is 2.85. The predicted molar refractivity (Wildman–Crippen MR) is 84.8 cm³/mol. The van der Waals surface area contributed by atoms with Crippen molar-refractivity contribution in [2.24, 2.45) is 0 Å². The molecule has 0 aliphatic heterocycles. The van der Waals surface area contributed by atoms with Gasteiger partial charge in [0.05, 0.1) is 15.1 Å². The van der Waals surface area contributed by atoms with E-state index in [0.717, 1.165) is 19.6 Å². The third kappa shape index (κ3) is 4.20. The van der Waals surface area contributed by atoms with E-state index in [-0.39, 0.29) is 30.9 Å². The molecule has 0 bridgehead atoms. The number of benzene rings is 1. The quantitative estimate of drug-likeness (QED) is 0.475. The summed E-state index contributed by atoms with van der Waals surface area (Å²) < 4.78 is 5.59. The Hall–Kier alpha value is 0.430. The van der Waals surface area contributed by atoms with E-state index in [1.165, 1.54) is 0 Å². The fourth-order valence-electron chi connectivity index (χ4n) is 1.53. The Bertz CT molecular complexity index is 419. The van der Waals surface area contributed by atoms with E-state index in [9.17, 15) is 0 Å². The Morgan fingerprint density at radius 3 is 1.63 bits per heavy atom. The Morgan fingerprint density at radius 1 is 0.789 bits per heavy atom. The first-order chi connectivity index (χ1) is 8.93. The molecular formula is C12H14Cl5NO. The minimum absolute atomic E-state index is 0.134. The van der Waals surface area contributed by atoms with Crippen molar-refractivity contribution in [2.45, 2.75) is 13.8 Å². The summed E-state index contributed by atoms with van der Waals surface area (Å²) in [6, 6.07) is 0. The Morgan fingerprint density at radius 2 is 1.21 bits per heavy atom. The number of nitrogens with zero attached hydrogens (tertiary/aromatic N) is 1. The van der Waals surface area contributed by atoms with E-state index in [0.29, 0.717) is 6.61 Å². The van der Waals surface area contributed by atoms with Gasteiger partial charge in [0.25, 0.3) is 0 Å². The second-order valence-corrected chi connectivity index (χ2v) is 5.66. The van der Waals surface area contributed by atoms with Gasteiger partial charge in [0.2, 0.25) is 0 Å². The van der Waals surface area contributed by atoms with Gasteiger partial charge in [-0.25, -0.2) is 0 Å². The molecule has 0 fully saturated rings. The molecule has 0 aromatic heterocycles. The minimum atomic E-state index is 0.134. The van der Waals surface area contributed by atoms with E-state index in [1.54, 1.807) is 0 Å². The van der Waals surface area contributed by atoms with Gasteiger partial charge in [-0.05, 0) is 13.1 Å². The second kappa shape index (κ2) is 8.02. The summed E-state index contributed by atoms with van der Waals surface area (Å²) in [5.74, 6) is 0.273. The normalized spacial score (nSPS) is 11.2. The summed E-state index contributed by atoms with van der Waals surface area (Å²) >= 11 is 29.9. The predicted octanol–water partition coefficient (Wildman–Crippen LogP) is 5.67. The molecule has 0 amide bonds. The van der Waals surface area contributed by atoms with Gasteiger partial charge in [-0.3, -0.25) is 0 Å². The fourth-order valence-corrected chi connectivity index (χ4v) is 2.76. The summed E-state index contributed by atoms with van der Waals surface area (Å²) in [5.41, 5.74) is 0. The van der Waals surface area contributed by atoms with Crippen molar-refractivity contribution in [3.63, 3.8) is 0 Å². The molecule has 0 saturated carbocycles. The summed E-state index contributed by atoms with van der Waals surface area (Å²) in [7, 11) is 0. The highest BCUT2D eigenvalue weighted by molar-refractivity contribution is 6.55. The summed E-state index contributed by atoms with van der Waals surface area (Å²) in [4.78, 5) is 2.21. The Labute approximate surface area is 138 Å². The Kier molecular flexibility index (Phi) is 7.37. The lowest BCUT2D eigenvalue weighted by Gasteiger charge is -2.19. The summed E-state index contributed by atoms with van der Waals surface area (Å²) in [6.45, 7) is 7.26. The van der Waals surface area contributed by atoms with Crippen LogP contribution in [0.1, 0.15) is 13.8 Å². The lowest BCUT2D eigenvalue weighted by molar-refractivity contribution is 0.223. The van der Waals surface area contributed by atoms with Crippen LogP contribution in [0.2, 0.25) is 25.1 Å². The summed E-state index contributed by atoms with van der Waals surface area (Å²) in [5, 5.41) is 0.793. The summed E-state index contributed by atoms with van der Waals surface area (Å²) in [6.07, 6.45) is 0. The van der Waals surface area contributed by atoms with Gasteiger partial charge in [0.1, 0.15) is 16.7 Å². The van der Waals surface area contributed by atoms with Gasteiger partial charge in [0.15, 0.2) is 5.75 Å². The van der Waals surface area contributed by atoms with Crippen molar-refractivity contribution >= 4 is 58.0 Å². The lowest BCUT2D eigenvalue weighted by atomic mass is 10.3. The molecule has 1 rings (SSSR count). The maximum Gasteiger partial charge on any atom is 0.159 e. The standard InChI is InChI=1S/C12H14Cl5NO/c1-3-18(4-2)5-6-19-12-10(16)8(14)7(13)9(15)11(12)17/h3-6H2,1-2H3. The molecule has 19 heavy (non-hydrogen) atoms. The van der Waals surface area contributed by atoms with Crippen LogP contribution in [0, 0.1) is 0 Å². The zero-order valence-corrected chi connectivity index (χ0v) is 14.4. The third-order valence-corrected chi connectivity index (χ3v) is 4.96. The smallest absolute Gasteiger partial charge is 0.159 e. The molecule has 7 heteroatoms. The molecule has 0 unspecified atom stereocenters. The van der Waals surface area contributed by atoms with Gasteiger partial charge in [0, 0.05) is 6.54 Å². The molecule has 1 aromatic carbocycles. The van der Waals surface area contributed by atoms with Crippen LogP contribution in [0.3, 0.4) is 0 Å². The number of halogens is 5. The number of rotatable bonds is 6. The molecule has 0 aliphatic rings. The first kappa shape index (κ1) is 17.5. The van der Waals surface area contributed by atoms with Crippen LogP contribution in [0.5, 0.6) is 5.75 Å². The minimum Gasteiger partial charge on any atom is -0.489 e. The molecular weight excluding hydrogens is 351 g/mol. The molecule has 108 valence electrons. The van der Waals surface area contributed by atoms with Crippen molar-refractivity contribution < 1.29 is 4.74 Å². The molecule has 0 heterocycles. The highest BCUT2D eigenvalue weighted by Crippen LogP contribution is 2.48. The van der Waals surface area contributed by atoms with Crippen LogP contribution >= 0.6 is 58.0 Å². The number of hydrogen-bond acceptors (Lipinski definition) is 2. The van der Waals surface area contributed by atoms with Crippen molar-refractivity contribution in [1.29, 1.82) is 0 Å². The van der Waals surface area contributed by atoms with Crippen LogP contribution in [-0.4, -0.2) is 31.1 Å². The zero-order chi connectivity index (χ0) is 14.6. The number of hydrogen-bond donors (Lipinski definition) is 0. The van der Waals surface area contributed by atoms with Crippen molar-refractivity contribution in [3.05, 3.63) is 25.1 Å². The average molecular weight is 366 g/mol. The van der Waals surface area contributed by atoms with Crippen LogP contribution in [-0.2, 0) is 0 Å². The first-order valence-corrected chi connectivity index (χ1v) is 7.69. The van der Waals surface area contributed by atoms with Gasteiger partial charge in [-0.2, -0.15) is 0 Å². The largest absolute Gasteiger partial charge is 0.489 e. The van der Waals surface area contributed by atoms with Crippen molar-refractivity contribution in [2.75, 3.05) is 26.2 Å². The number of likely N-dealkylation sites (N-methyl/N-ethyl adjacent to an activating group) is 1. The van der Waals surface area contributed by atoms with Gasteiger partial charge in [-0.15, -0.1) is 0 Å². The molecule has 0 spiro atoms. The average Bonchev–Trinajstić information content (AvgIpc) is 2.42. The monoisotopic (exact) mass is 363 g/mol. The van der Waals surface area contributed by atoms with Gasteiger partial charge >= 0.3 is 0 Å². The van der Waals surface area contributed by atoms with Crippen LogP contribution in [0.25, 0.3) is 0 Å².